The highest BCUT2D eigenvalue weighted by Gasteiger charge is 2.10. The van der Waals surface area contributed by atoms with E-state index < -0.39 is 11.9 Å². The zero-order chi connectivity index (χ0) is 16.7. The predicted octanol–water partition coefficient (Wildman–Crippen LogP) is 3.50. The van der Waals surface area contributed by atoms with E-state index in [9.17, 15) is 9.59 Å². The maximum absolute atomic E-state index is 11.8. The first-order chi connectivity index (χ1) is 11.1. The Morgan fingerprint density at radius 2 is 1.78 bits per heavy atom. The minimum atomic E-state index is -0.582. The summed E-state index contributed by atoms with van der Waals surface area (Å²) in [6, 6.07) is 12.8. The van der Waals surface area contributed by atoms with E-state index in [1.54, 1.807) is 49.4 Å². The van der Waals surface area contributed by atoms with E-state index in [4.69, 9.17) is 25.8 Å². The molecule has 0 aromatic heterocycles. The van der Waals surface area contributed by atoms with Crippen LogP contribution in [0.15, 0.2) is 48.5 Å². The van der Waals surface area contributed by atoms with Crippen molar-refractivity contribution in [3.05, 3.63) is 59.1 Å². The van der Waals surface area contributed by atoms with Crippen LogP contribution in [-0.2, 0) is 9.53 Å². The molecule has 0 atom stereocenters. The van der Waals surface area contributed by atoms with Gasteiger partial charge in [0.05, 0.1) is 12.2 Å². The van der Waals surface area contributed by atoms with Crippen molar-refractivity contribution >= 4 is 23.5 Å². The third-order valence-corrected chi connectivity index (χ3v) is 3.00. The lowest BCUT2D eigenvalue weighted by Crippen LogP contribution is -2.18. The van der Waals surface area contributed by atoms with Crippen molar-refractivity contribution < 1.29 is 23.8 Å². The molecule has 0 aliphatic heterocycles. The highest BCUT2D eigenvalue weighted by Crippen LogP contribution is 2.17. The van der Waals surface area contributed by atoms with Crippen molar-refractivity contribution in [1.82, 2.24) is 0 Å². The van der Waals surface area contributed by atoms with Crippen LogP contribution < -0.4 is 9.47 Å². The second kappa shape index (κ2) is 8.19. The lowest BCUT2D eigenvalue weighted by molar-refractivity contribution is -0.136. The second-order valence-electron chi connectivity index (χ2n) is 4.46. The molecule has 0 bridgehead atoms. The average molecular weight is 335 g/mol. The lowest BCUT2D eigenvalue weighted by atomic mass is 10.2. The summed E-state index contributed by atoms with van der Waals surface area (Å²) in [6.45, 7) is 1.74. The largest absolute Gasteiger partial charge is 0.482 e. The molecule has 0 aliphatic rings. The Bertz CT molecular complexity index is 682. The molecule has 0 saturated heterocycles. The number of hydrogen-bond donors (Lipinski definition) is 0. The SMILES string of the molecule is CCOC(=O)c1cccc(OC(=O)COc2ccc(Cl)cc2)c1. The predicted molar refractivity (Wildman–Crippen MR) is 85.0 cm³/mol. The number of carbonyl (C=O) groups is 2. The highest BCUT2D eigenvalue weighted by molar-refractivity contribution is 6.30. The topological polar surface area (TPSA) is 61.8 Å². The third kappa shape index (κ3) is 5.30. The molecule has 0 fully saturated rings. The smallest absolute Gasteiger partial charge is 0.349 e. The fraction of sp³-hybridized carbons (Fsp3) is 0.176. The van der Waals surface area contributed by atoms with E-state index in [1.165, 1.54) is 6.07 Å². The Labute approximate surface area is 138 Å². The van der Waals surface area contributed by atoms with Crippen LogP contribution in [0.1, 0.15) is 17.3 Å². The fourth-order valence-electron chi connectivity index (χ4n) is 1.73. The Kier molecular flexibility index (Phi) is 6.00. The van der Waals surface area contributed by atoms with Crippen molar-refractivity contribution in [2.45, 2.75) is 6.92 Å². The van der Waals surface area contributed by atoms with Gasteiger partial charge in [-0.1, -0.05) is 17.7 Å². The minimum Gasteiger partial charge on any atom is -0.482 e. The third-order valence-electron chi connectivity index (χ3n) is 2.75. The molecular formula is C17H15ClO5. The van der Waals surface area contributed by atoms with Crippen LogP contribution in [0, 0.1) is 0 Å². The molecule has 0 heterocycles. The van der Waals surface area contributed by atoms with Gasteiger partial charge in [-0.25, -0.2) is 9.59 Å². The molecule has 0 aliphatic carbocycles. The normalized spacial score (nSPS) is 10.0. The van der Waals surface area contributed by atoms with Crippen LogP contribution in [-0.4, -0.2) is 25.2 Å². The molecule has 6 heteroatoms. The number of benzene rings is 2. The summed E-state index contributed by atoms with van der Waals surface area (Å²) in [7, 11) is 0. The van der Waals surface area contributed by atoms with Crippen molar-refractivity contribution in [2.24, 2.45) is 0 Å². The van der Waals surface area contributed by atoms with E-state index in [2.05, 4.69) is 0 Å². The summed E-state index contributed by atoms with van der Waals surface area (Å²) >= 11 is 5.76. The van der Waals surface area contributed by atoms with Gasteiger partial charge < -0.3 is 14.2 Å². The number of carbonyl (C=O) groups excluding carboxylic acids is 2. The summed E-state index contributed by atoms with van der Waals surface area (Å²) in [6.07, 6.45) is 0. The summed E-state index contributed by atoms with van der Waals surface area (Å²) < 4.78 is 15.3. The van der Waals surface area contributed by atoms with Gasteiger partial charge in [0, 0.05) is 5.02 Å². The molecule has 2 aromatic rings. The van der Waals surface area contributed by atoms with Crippen LogP contribution in [0.25, 0.3) is 0 Å². The fourth-order valence-corrected chi connectivity index (χ4v) is 1.86. The number of rotatable bonds is 6. The van der Waals surface area contributed by atoms with Crippen molar-refractivity contribution in [3.8, 4) is 11.5 Å². The first kappa shape index (κ1) is 16.8. The molecule has 0 N–H and O–H groups in total. The molecule has 5 nitrogen and oxygen atoms in total. The van der Waals surface area contributed by atoms with Crippen LogP contribution >= 0.6 is 11.6 Å². The van der Waals surface area contributed by atoms with E-state index in [-0.39, 0.29) is 19.0 Å². The van der Waals surface area contributed by atoms with Gasteiger partial charge in [-0.2, -0.15) is 0 Å². The standard InChI is InChI=1S/C17H15ClO5/c1-2-21-17(20)12-4-3-5-15(10-12)23-16(19)11-22-14-8-6-13(18)7-9-14/h3-10H,2,11H2,1H3. The maximum atomic E-state index is 11.8. The van der Waals surface area contributed by atoms with E-state index in [0.717, 1.165) is 0 Å². The van der Waals surface area contributed by atoms with Gasteiger partial charge in [0.1, 0.15) is 11.5 Å². The summed E-state index contributed by atoms with van der Waals surface area (Å²) in [5.41, 5.74) is 0.316. The van der Waals surface area contributed by atoms with Gasteiger partial charge in [0.2, 0.25) is 0 Å². The quantitative estimate of drug-likeness (QED) is 0.597. The first-order valence-corrected chi connectivity index (χ1v) is 7.32. The number of halogens is 1. The molecule has 0 amide bonds. The zero-order valence-corrected chi connectivity index (χ0v) is 13.2. The molecule has 23 heavy (non-hydrogen) atoms. The van der Waals surface area contributed by atoms with Crippen LogP contribution in [0.5, 0.6) is 11.5 Å². The van der Waals surface area contributed by atoms with Gasteiger partial charge in [0.15, 0.2) is 6.61 Å². The monoisotopic (exact) mass is 334 g/mol. The number of esters is 2. The van der Waals surface area contributed by atoms with Crippen molar-refractivity contribution in [1.29, 1.82) is 0 Å². The molecule has 0 spiro atoms. The molecule has 0 saturated carbocycles. The van der Waals surface area contributed by atoms with Crippen molar-refractivity contribution in [3.63, 3.8) is 0 Å². The molecule has 0 radical (unpaired) electrons. The first-order valence-electron chi connectivity index (χ1n) is 6.94. The van der Waals surface area contributed by atoms with Crippen LogP contribution in [0.2, 0.25) is 5.02 Å². The van der Waals surface area contributed by atoms with Gasteiger partial charge in [0.25, 0.3) is 0 Å². The van der Waals surface area contributed by atoms with Crippen molar-refractivity contribution in [2.75, 3.05) is 13.2 Å². The van der Waals surface area contributed by atoms with E-state index in [1.807, 2.05) is 0 Å². The van der Waals surface area contributed by atoms with E-state index in [0.29, 0.717) is 16.3 Å². The number of ether oxygens (including phenoxy) is 3. The molecular weight excluding hydrogens is 320 g/mol. The molecule has 120 valence electrons. The molecule has 2 aromatic carbocycles. The van der Waals surface area contributed by atoms with Crippen LogP contribution in [0.3, 0.4) is 0 Å². The number of hydrogen-bond acceptors (Lipinski definition) is 5. The summed E-state index contributed by atoms with van der Waals surface area (Å²) in [5, 5.41) is 0.579. The summed E-state index contributed by atoms with van der Waals surface area (Å²) in [5.74, 6) is -0.296. The highest BCUT2D eigenvalue weighted by atomic mass is 35.5. The maximum Gasteiger partial charge on any atom is 0.349 e. The van der Waals surface area contributed by atoms with Crippen LogP contribution in [0.4, 0.5) is 0 Å². The van der Waals surface area contributed by atoms with Gasteiger partial charge in [-0.3, -0.25) is 0 Å². The second-order valence-corrected chi connectivity index (χ2v) is 4.90. The van der Waals surface area contributed by atoms with Gasteiger partial charge in [-0.15, -0.1) is 0 Å². The van der Waals surface area contributed by atoms with E-state index >= 15 is 0 Å². The Hall–Kier alpha value is -2.53. The average Bonchev–Trinajstić information content (AvgIpc) is 2.55. The summed E-state index contributed by atoms with van der Waals surface area (Å²) in [4.78, 5) is 23.4. The Morgan fingerprint density at radius 1 is 1.04 bits per heavy atom. The van der Waals surface area contributed by atoms with Gasteiger partial charge >= 0.3 is 11.9 Å². The minimum absolute atomic E-state index is 0.250. The zero-order valence-electron chi connectivity index (χ0n) is 12.5. The van der Waals surface area contributed by atoms with Gasteiger partial charge in [-0.05, 0) is 49.4 Å². The Balaban J connectivity index is 1.91. The molecule has 0 unspecified atom stereocenters. The molecule has 2 rings (SSSR count). The Morgan fingerprint density at radius 3 is 2.48 bits per heavy atom. The lowest BCUT2D eigenvalue weighted by Gasteiger charge is -2.08.